The third-order valence-electron chi connectivity index (χ3n) is 2.94. The Morgan fingerprint density at radius 1 is 1.21 bits per heavy atom. The van der Waals surface area contributed by atoms with E-state index in [4.69, 9.17) is 5.53 Å². The fraction of sp³-hybridized carbons (Fsp3) is 0.133. The van der Waals surface area contributed by atoms with E-state index in [-0.39, 0.29) is 0 Å². The van der Waals surface area contributed by atoms with Gasteiger partial charge in [-0.1, -0.05) is 49.4 Å². The highest BCUT2D eigenvalue weighted by molar-refractivity contribution is 6.01. The number of rotatable bonds is 3. The van der Waals surface area contributed by atoms with Gasteiger partial charge in [-0.3, -0.25) is 4.79 Å². The van der Waals surface area contributed by atoms with Crippen LogP contribution in [0.1, 0.15) is 22.8 Å². The number of carbonyl (C=O) groups is 1. The van der Waals surface area contributed by atoms with Crippen LogP contribution in [0.4, 0.5) is 0 Å². The normalized spacial score (nSPS) is 9.74. The van der Waals surface area contributed by atoms with Crippen molar-refractivity contribution in [2.24, 2.45) is 5.11 Å². The molecule has 0 atom stereocenters. The number of aryl methyl sites for hydroxylation is 1. The number of benzene rings is 2. The summed E-state index contributed by atoms with van der Waals surface area (Å²) in [7, 11) is 0. The van der Waals surface area contributed by atoms with E-state index in [0.717, 1.165) is 23.1 Å². The van der Waals surface area contributed by atoms with E-state index in [9.17, 15) is 4.79 Å². The van der Waals surface area contributed by atoms with Crippen LogP contribution in [0.15, 0.2) is 53.6 Å². The zero-order valence-electron chi connectivity index (χ0n) is 10.6. The molecule has 0 saturated carbocycles. The monoisotopic (exact) mass is 251 g/mol. The van der Waals surface area contributed by atoms with Gasteiger partial charge >= 0.3 is 0 Å². The predicted octanol–water partition coefficient (Wildman–Crippen LogP) is 4.37. The summed E-state index contributed by atoms with van der Waals surface area (Å²) in [5.74, 6) is -0.545. The van der Waals surface area contributed by atoms with Crippen LogP contribution >= 0.6 is 0 Å². The number of nitrogens with zero attached hydrogens (tertiary/aromatic N) is 3. The Morgan fingerprint density at radius 3 is 2.58 bits per heavy atom. The first-order valence-corrected chi connectivity index (χ1v) is 6.04. The molecular weight excluding hydrogens is 238 g/mol. The van der Waals surface area contributed by atoms with E-state index < -0.39 is 5.91 Å². The summed E-state index contributed by atoms with van der Waals surface area (Å²) in [6, 6.07) is 15.2. The Labute approximate surface area is 111 Å². The van der Waals surface area contributed by atoms with Crippen molar-refractivity contribution in [3.63, 3.8) is 0 Å². The zero-order chi connectivity index (χ0) is 13.7. The fourth-order valence-corrected chi connectivity index (χ4v) is 1.95. The predicted molar refractivity (Wildman–Crippen MR) is 74.7 cm³/mol. The topological polar surface area (TPSA) is 65.8 Å². The van der Waals surface area contributed by atoms with Crippen molar-refractivity contribution in [1.82, 2.24) is 0 Å². The summed E-state index contributed by atoms with van der Waals surface area (Å²) < 4.78 is 0. The quantitative estimate of drug-likeness (QED) is 0.454. The van der Waals surface area contributed by atoms with Gasteiger partial charge in [0.25, 0.3) is 0 Å². The lowest BCUT2D eigenvalue weighted by atomic mass is 9.96. The van der Waals surface area contributed by atoms with Crippen LogP contribution in [0, 0.1) is 0 Å². The van der Waals surface area contributed by atoms with Crippen LogP contribution in [0.5, 0.6) is 0 Å². The van der Waals surface area contributed by atoms with Gasteiger partial charge in [0.15, 0.2) is 0 Å². The lowest BCUT2D eigenvalue weighted by molar-refractivity contribution is 0.100. The van der Waals surface area contributed by atoms with Crippen molar-refractivity contribution in [2.45, 2.75) is 13.3 Å². The lowest BCUT2D eigenvalue weighted by Crippen LogP contribution is -1.99. The Morgan fingerprint density at radius 2 is 1.95 bits per heavy atom. The molecule has 0 aliphatic carbocycles. The molecule has 0 saturated heterocycles. The van der Waals surface area contributed by atoms with Crippen molar-refractivity contribution in [1.29, 1.82) is 0 Å². The smallest absolute Gasteiger partial charge is 0.249 e. The maximum absolute atomic E-state index is 11.9. The Kier molecular flexibility index (Phi) is 3.96. The van der Waals surface area contributed by atoms with E-state index in [2.05, 4.69) is 10.0 Å². The second kappa shape index (κ2) is 5.85. The van der Waals surface area contributed by atoms with E-state index in [0.29, 0.717) is 5.56 Å². The van der Waals surface area contributed by atoms with Crippen molar-refractivity contribution >= 4 is 5.91 Å². The lowest BCUT2D eigenvalue weighted by Gasteiger charge is -2.09. The highest BCUT2D eigenvalue weighted by Crippen LogP contribution is 2.25. The molecule has 0 radical (unpaired) electrons. The molecule has 0 aliphatic heterocycles. The molecule has 19 heavy (non-hydrogen) atoms. The van der Waals surface area contributed by atoms with Crippen LogP contribution < -0.4 is 0 Å². The van der Waals surface area contributed by atoms with Crippen LogP contribution in [0.2, 0.25) is 0 Å². The third kappa shape index (κ3) is 2.81. The third-order valence-corrected chi connectivity index (χ3v) is 2.94. The van der Waals surface area contributed by atoms with E-state index in [1.807, 2.05) is 49.4 Å². The molecule has 0 unspecified atom stereocenters. The number of azide groups is 1. The summed E-state index contributed by atoms with van der Waals surface area (Å²) in [6.07, 6.45) is 0.825. The van der Waals surface area contributed by atoms with Crippen molar-refractivity contribution in [2.75, 3.05) is 0 Å². The molecule has 0 fully saturated rings. The highest BCUT2D eigenvalue weighted by Gasteiger charge is 2.12. The molecule has 2 rings (SSSR count). The van der Waals surface area contributed by atoms with E-state index in [1.54, 1.807) is 6.07 Å². The molecule has 2 aromatic carbocycles. The van der Waals surface area contributed by atoms with Gasteiger partial charge < -0.3 is 0 Å². The minimum atomic E-state index is -0.545. The molecule has 2 aromatic rings. The molecule has 0 aliphatic rings. The first-order valence-electron chi connectivity index (χ1n) is 6.04. The van der Waals surface area contributed by atoms with Gasteiger partial charge in [0.05, 0.1) is 0 Å². The van der Waals surface area contributed by atoms with Gasteiger partial charge in [-0.25, -0.2) is 0 Å². The van der Waals surface area contributed by atoms with Gasteiger partial charge in [-0.05, 0) is 39.8 Å². The second-order valence-corrected chi connectivity index (χ2v) is 4.09. The number of carbonyl (C=O) groups excluding carboxylic acids is 1. The minimum absolute atomic E-state index is 0.448. The summed E-state index contributed by atoms with van der Waals surface area (Å²) in [6.45, 7) is 2.01. The summed E-state index contributed by atoms with van der Waals surface area (Å²) in [5.41, 5.74) is 11.6. The van der Waals surface area contributed by atoms with Crippen LogP contribution in [-0.4, -0.2) is 5.91 Å². The Balaban J connectivity index is 2.60. The van der Waals surface area contributed by atoms with Crippen molar-refractivity contribution < 1.29 is 4.79 Å². The highest BCUT2D eigenvalue weighted by atomic mass is 16.1. The van der Waals surface area contributed by atoms with Crippen LogP contribution in [0.3, 0.4) is 0 Å². The molecule has 94 valence electrons. The molecule has 0 heterocycles. The van der Waals surface area contributed by atoms with Crippen molar-refractivity contribution in [3.05, 3.63) is 70.1 Å². The maximum Gasteiger partial charge on any atom is 0.249 e. The summed E-state index contributed by atoms with van der Waals surface area (Å²) in [4.78, 5) is 14.5. The molecule has 4 nitrogen and oxygen atoms in total. The second-order valence-electron chi connectivity index (χ2n) is 4.09. The Hall–Kier alpha value is -2.58. The SMILES string of the molecule is CCc1ccc(-c2ccccc2)c(C(=O)N=[N+]=[N-])c1. The van der Waals surface area contributed by atoms with Gasteiger partial charge in [0.1, 0.15) is 0 Å². The molecule has 4 heteroatoms. The number of amides is 1. The number of hydrogen-bond donors (Lipinski definition) is 0. The maximum atomic E-state index is 11.9. The standard InChI is InChI=1S/C15H13N3O/c1-2-11-8-9-13(12-6-4-3-5-7-12)14(10-11)15(19)17-18-16/h3-10H,2H2,1H3. The largest absolute Gasteiger partial charge is 0.287 e. The summed E-state index contributed by atoms with van der Waals surface area (Å²) >= 11 is 0. The van der Waals surface area contributed by atoms with Gasteiger partial charge in [-0.2, -0.15) is 0 Å². The minimum Gasteiger partial charge on any atom is -0.287 e. The average molecular weight is 251 g/mol. The zero-order valence-corrected chi connectivity index (χ0v) is 10.6. The van der Waals surface area contributed by atoms with Crippen molar-refractivity contribution in [3.8, 4) is 11.1 Å². The molecular formula is C15H13N3O. The molecule has 0 spiro atoms. The molecule has 1 amide bonds. The van der Waals surface area contributed by atoms with Gasteiger partial charge in [0, 0.05) is 10.5 Å². The van der Waals surface area contributed by atoms with Gasteiger partial charge in [-0.15, -0.1) is 0 Å². The fourth-order valence-electron chi connectivity index (χ4n) is 1.95. The molecule has 0 bridgehead atoms. The number of hydrogen-bond acceptors (Lipinski definition) is 1. The van der Waals surface area contributed by atoms with Gasteiger partial charge in [0.2, 0.25) is 5.91 Å². The summed E-state index contributed by atoms with van der Waals surface area (Å²) in [5, 5.41) is 3.20. The van der Waals surface area contributed by atoms with E-state index in [1.165, 1.54) is 0 Å². The first kappa shape index (κ1) is 12.9. The van der Waals surface area contributed by atoms with Crippen LogP contribution in [0.25, 0.3) is 21.6 Å². The Bertz CT molecular complexity index is 644. The first-order chi connectivity index (χ1) is 9.26. The van der Waals surface area contributed by atoms with E-state index >= 15 is 0 Å². The molecule has 0 aromatic heterocycles. The van der Waals surface area contributed by atoms with Crippen LogP contribution in [-0.2, 0) is 6.42 Å². The average Bonchev–Trinajstić information content (AvgIpc) is 2.47. The molecule has 0 N–H and O–H groups in total.